The van der Waals surface area contributed by atoms with Gasteiger partial charge < -0.3 is 28.2 Å². The van der Waals surface area contributed by atoms with Gasteiger partial charge >= 0.3 is 0 Å². The molecule has 3 aromatic carbocycles. The van der Waals surface area contributed by atoms with Crippen molar-refractivity contribution in [3.63, 3.8) is 0 Å². The van der Waals surface area contributed by atoms with Crippen molar-refractivity contribution in [3.8, 4) is 34.5 Å². The third kappa shape index (κ3) is 36.8. The molecule has 0 saturated carbocycles. The summed E-state index contributed by atoms with van der Waals surface area (Å²) in [4.78, 5) is 113. The predicted molar refractivity (Wildman–Crippen MR) is 585 cm³/mol. The Morgan fingerprint density at radius 3 is 1.02 bits per heavy atom. The van der Waals surface area contributed by atoms with Gasteiger partial charge in [-0.1, -0.05) is 178 Å². The second-order valence-electron chi connectivity index (χ2n) is 41.0. The molecule has 3 aliphatic rings. The van der Waals surface area contributed by atoms with Gasteiger partial charge in [0.1, 0.15) is 34.9 Å². The molecule has 2 atom stereocenters. The summed E-state index contributed by atoms with van der Waals surface area (Å²) in [5.41, 5.74) is 8.77. The molecular formula is C121H147F5N12O11. The first-order valence-electron chi connectivity index (χ1n) is 52.0. The summed E-state index contributed by atoms with van der Waals surface area (Å²) in [5.74, 6) is 2.73. The van der Waals surface area contributed by atoms with Crippen LogP contribution in [0.3, 0.4) is 0 Å². The number of hydrogen-bond donors (Lipinski definition) is 0. The zero-order valence-electron chi connectivity index (χ0n) is 89.1. The maximum Gasteiger partial charge on any atom is 0.259 e. The van der Waals surface area contributed by atoms with Crippen molar-refractivity contribution in [1.29, 1.82) is 0 Å². The van der Waals surface area contributed by atoms with Crippen LogP contribution in [-0.2, 0) is 78.7 Å². The SMILES string of the molecule is CC(C)Cc1cccn(-c2ccc(F)cc2)c1=O.CC(C)Cc1cccn(-c2ccc(F)cn2)c1=O.CC(C)Cc1cccn(-c2ccc(N3CCOCC3)cn2)c1=O.CC(C)Cc1cccn(-c2cccc(F)c2)c1=O.CC(C)Cc1cccn(-c2ccccc2F)c1=O.CC(C)Cc1cccn(-c2ncccc2F)c1=O.CC(C)Cc1cccn(C[C@@H]2CCCCO2)c1=O.CC(C)Cc1cccn(C[C@H]2CCCCO2)c1=O. The predicted octanol–water partition coefficient (Wildman–Crippen LogP) is 22.2. The molecule has 11 aromatic heterocycles. The minimum absolute atomic E-state index is 0.0211. The van der Waals surface area contributed by atoms with Crippen LogP contribution in [0.1, 0.15) is 194 Å². The molecule has 3 fully saturated rings. The third-order valence-corrected chi connectivity index (χ3v) is 24.3. The van der Waals surface area contributed by atoms with Crippen molar-refractivity contribution in [3.05, 3.63) is 431 Å². The van der Waals surface area contributed by atoms with Crippen LogP contribution in [0, 0.1) is 76.4 Å². The molecule has 28 heteroatoms. The van der Waals surface area contributed by atoms with Crippen LogP contribution < -0.4 is 49.4 Å². The number of pyridine rings is 11. The van der Waals surface area contributed by atoms with Crippen molar-refractivity contribution < 1.29 is 36.2 Å². The van der Waals surface area contributed by atoms with Gasteiger partial charge in [0.2, 0.25) is 0 Å². The van der Waals surface area contributed by atoms with Crippen molar-refractivity contribution >= 4 is 5.69 Å². The van der Waals surface area contributed by atoms with Crippen LogP contribution in [0.5, 0.6) is 0 Å². The summed E-state index contributed by atoms with van der Waals surface area (Å²) in [6.45, 7) is 39.7. The molecular weight excluding hydrogens is 1890 g/mol. The highest BCUT2D eigenvalue weighted by atomic mass is 19.1. The molecule has 14 heterocycles. The van der Waals surface area contributed by atoms with E-state index in [1.54, 1.807) is 107 Å². The van der Waals surface area contributed by atoms with Gasteiger partial charge in [0.05, 0.1) is 68.0 Å². The van der Waals surface area contributed by atoms with Gasteiger partial charge in [0, 0.05) is 132 Å². The largest absolute Gasteiger partial charge is 0.378 e. The van der Waals surface area contributed by atoms with E-state index in [1.807, 2.05) is 127 Å². The fourth-order valence-corrected chi connectivity index (χ4v) is 17.4. The Morgan fingerprint density at radius 1 is 0.289 bits per heavy atom. The van der Waals surface area contributed by atoms with E-state index in [0.29, 0.717) is 108 Å². The quantitative estimate of drug-likeness (QED) is 0.0434. The maximum absolute atomic E-state index is 13.7. The van der Waals surface area contributed by atoms with E-state index in [-0.39, 0.29) is 80.0 Å². The molecule has 14 aromatic rings. The van der Waals surface area contributed by atoms with Gasteiger partial charge in [-0.05, 0) is 277 Å². The molecule has 23 nitrogen and oxygen atoms in total. The first-order valence-corrected chi connectivity index (χ1v) is 52.0. The Balaban J connectivity index is 0.000000174. The maximum atomic E-state index is 13.7. The Labute approximate surface area is 871 Å². The van der Waals surface area contributed by atoms with Crippen LogP contribution in [0.25, 0.3) is 34.5 Å². The lowest BCUT2D eigenvalue weighted by Gasteiger charge is -2.28. The number of benzene rings is 3. The number of rotatable bonds is 27. The zero-order valence-corrected chi connectivity index (χ0v) is 89.1. The Bertz CT molecular complexity index is 6750. The van der Waals surface area contributed by atoms with Crippen LogP contribution >= 0.6 is 0 Å². The van der Waals surface area contributed by atoms with Crippen LogP contribution in [0.15, 0.2) is 313 Å². The Kier molecular flexibility index (Phi) is 46.5. The van der Waals surface area contributed by atoms with Crippen molar-refractivity contribution in [2.45, 2.75) is 226 Å². The molecule has 3 aliphatic heterocycles. The number of halogens is 5. The molecule has 0 bridgehead atoms. The van der Waals surface area contributed by atoms with E-state index in [9.17, 15) is 60.3 Å². The molecule has 0 amide bonds. The summed E-state index contributed by atoms with van der Waals surface area (Å²) in [6.07, 6.45) is 31.5. The lowest BCUT2D eigenvalue weighted by Crippen LogP contribution is -2.36. The monoisotopic (exact) mass is 2040 g/mol. The molecule has 0 spiro atoms. The number of anilines is 1. The molecule has 17 rings (SSSR count). The second-order valence-corrected chi connectivity index (χ2v) is 41.0. The minimum atomic E-state index is -0.499. The average Bonchev–Trinajstić information content (AvgIpc) is 0.753. The lowest BCUT2D eigenvalue weighted by molar-refractivity contribution is 0.00525. The first-order chi connectivity index (χ1) is 71.4. The highest BCUT2D eigenvalue weighted by molar-refractivity contribution is 5.47. The van der Waals surface area contributed by atoms with Crippen LogP contribution in [0.4, 0.5) is 27.6 Å². The molecule has 792 valence electrons. The highest BCUT2D eigenvalue weighted by Gasteiger charge is 2.22. The summed E-state index contributed by atoms with van der Waals surface area (Å²) in [7, 11) is 0. The molecule has 149 heavy (non-hydrogen) atoms. The Hall–Kier alpha value is -14.0. The van der Waals surface area contributed by atoms with E-state index < -0.39 is 11.6 Å². The van der Waals surface area contributed by atoms with Gasteiger partial charge in [-0.15, -0.1) is 0 Å². The number of ether oxygens (including phenoxy) is 3. The van der Waals surface area contributed by atoms with Gasteiger partial charge in [-0.3, -0.25) is 65.8 Å². The fraction of sp³-hybridized carbons (Fsp3) is 0.397. The summed E-state index contributed by atoms with van der Waals surface area (Å²) >= 11 is 0. The molecule has 0 aliphatic carbocycles. The van der Waals surface area contributed by atoms with Crippen LogP contribution in [-0.4, -0.2) is 103 Å². The van der Waals surface area contributed by atoms with E-state index in [1.165, 1.54) is 98.1 Å². The molecule has 0 radical (unpaired) electrons. The van der Waals surface area contributed by atoms with Gasteiger partial charge in [0.15, 0.2) is 11.6 Å². The number of hydrogen-bond acceptors (Lipinski definition) is 15. The van der Waals surface area contributed by atoms with Gasteiger partial charge in [0.25, 0.3) is 44.5 Å². The van der Waals surface area contributed by atoms with E-state index in [2.05, 4.69) is 117 Å². The topological polar surface area (TPSA) is 246 Å². The summed E-state index contributed by atoms with van der Waals surface area (Å²) in [5, 5.41) is 0. The van der Waals surface area contributed by atoms with Gasteiger partial charge in [-0.2, -0.15) is 0 Å². The van der Waals surface area contributed by atoms with E-state index in [0.717, 1.165) is 155 Å². The standard InChI is InChI=1S/C18H23N3O2.3C15H16FNO.2C15H23NO2.2C14H15FN2O/c1-14(2)12-15-4-3-7-21(18(15)22)17-6-5-16(13-19-17)20-8-10-23-11-9-20;1-11(2)9-12-5-4-8-17(15(12)18)14-7-3-6-13(16)10-14;1-11(2)10-12-4-3-9-17(15(12)18)14-7-5-13(16)6-8-14;1-11(2)10-12-6-5-9-17(15(12)18)14-8-4-3-7-13(14)16;2*1-12(2)10-13-6-5-8-16(15(13)17)11-14-7-3-4-9-18-14;1-10(2)9-11-5-4-8-17(14(11)18)13-12(15)6-3-7-16-13;1-10(2)8-11-4-3-7-17(14(11)18)13-6-5-12(15)9-16-13/h3-7,13-14H,8-12H2,1-2H3;3-8,10-11H,9H2,1-2H3;2*3-9,11H,10H2,1-2H3;2*5-6,8,12,14H,3-4,7,9-11H2,1-2H3;3-8,10H,9H2,1-2H3;3-7,9-10H,8H2,1-2H3/t;;;;2*14-;;/m....10../s1. The lowest BCUT2D eigenvalue weighted by atomic mass is 10.0. The number of para-hydroxylation sites is 1. The summed E-state index contributed by atoms with van der Waals surface area (Å²) < 4.78 is 95.3. The number of nitrogens with zero attached hydrogens (tertiary/aromatic N) is 12. The highest BCUT2D eigenvalue weighted by Crippen LogP contribution is 2.23. The molecule has 0 unspecified atom stereocenters. The van der Waals surface area contributed by atoms with Crippen LogP contribution in [0.2, 0.25) is 0 Å². The third-order valence-electron chi connectivity index (χ3n) is 24.3. The van der Waals surface area contributed by atoms with Crippen molar-refractivity contribution in [2.24, 2.45) is 47.3 Å². The van der Waals surface area contributed by atoms with E-state index in [4.69, 9.17) is 14.2 Å². The van der Waals surface area contributed by atoms with Crippen molar-refractivity contribution in [2.75, 3.05) is 44.4 Å². The van der Waals surface area contributed by atoms with E-state index >= 15 is 0 Å². The molecule has 0 N–H and O–H groups in total. The second kappa shape index (κ2) is 59.3. The number of aromatic nitrogens is 11. The van der Waals surface area contributed by atoms with Crippen molar-refractivity contribution in [1.82, 2.24) is 51.5 Å². The summed E-state index contributed by atoms with van der Waals surface area (Å²) in [6, 6.07) is 57.6. The average molecular weight is 2040 g/mol. The zero-order chi connectivity index (χ0) is 108. The minimum Gasteiger partial charge on any atom is -0.378 e. The van der Waals surface area contributed by atoms with Gasteiger partial charge in [-0.25, -0.2) is 36.9 Å². The molecule has 3 saturated heterocycles. The fourth-order valence-electron chi connectivity index (χ4n) is 17.4. The normalized spacial score (nSPS) is 13.8. The first kappa shape index (κ1) is 117. The Morgan fingerprint density at radius 2 is 0.638 bits per heavy atom. The smallest absolute Gasteiger partial charge is 0.259 e. The number of morpholine rings is 1.